The Bertz CT molecular complexity index is 401. The van der Waals surface area contributed by atoms with Gasteiger partial charge in [-0.3, -0.25) is 4.79 Å². The van der Waals surface area contributed by atoms with E-state index in [1.807, 2.05) is 24.3 Å². The van der Waals surface area contributed by atoms with E-state index in [1.54, 1.807) is 0 Å². The summed E-state index contributed by atoms with van der Waals surface area (Å²) in [7, 11) is 0. The fourth-order valence-electron chi connectivity index (χ4n) is 2.11. The zero-order valence-corrected chi connectivity index (χ0v) is 10.7. The second kappa shape index (κ2) is 6.52. The molecule has 0 aliphatic carbocycles. The van der Waals surface area contributed by atoms with Crippen molar-refractivity contribution in [2.45, 2.75) is 25.9 Å². The van der Waals surface area contributed by atoms with E-state index in [-0.39, 0.29) is 12.0 Å². The number of para-hydroxylation sites is 1. The predicted molar refractivity (Wildman–Crippen MR) is 71.7 cm³/mol. The lowest BCUT2D eigenvalue weighted by Gasteiger charge is -2.23. The second-order valence-electron chi connectivity index (χ2n) is 4.46. The molecule has 1 fully saturated rings. The molecule has 0 radical (unpaired) electrons. The highest BCUT2D eigenvalue weighted by molar-refractivity contribution is 5.91. The molecular formula is C14H20N2O2. The lowest BCUT2D eigenvalue weighted by molar-refractivity contribution is -0.119. The van der Waals surface area contributed by atoms with Crippen molar-refractivity contribution < 1.29 is 9.53 Å². The van der Waals surface area contributed by atoms with Gasteiger partial charge in [0, 0.05) is 18.8 Å². The van der Waals surface area contributed by atoms with E-state index in [0.29, 0.717) is 13.0 Å². The highest BCUT2D eigenvalue weighted by Gasteiger charge is 2.17. The van der Waals surface area contributed by atoms with E-state index in [1.165, 1.54) is 0 Å². The molecule has 0 spiro atoms. The lowest BCUT2D eigenvalue weighted by atomic mass is 10.1. The molecule has 1 aliphatic rings. The molecule has 1 heterocycles. The summed E-state index contributed by atoms with van der Waals surface area (Å²) in [6.45, 7) is 4.39. The Hall–Kier alpha value is -1.39. The van der Waals surface area contributed by atoms with Crippen LogP contribution in [0.3, 0.4) is 0 Å². The van der Waals surface area contributed by atoms with Crippen LogP contribution in [0.15, 0.2) is 24.3 Å². The third-order valence-electron chi connectivity index (χ3n) is 3.09. The average Bonchev–Trinajstić information content (AvgIpc) is 2.40. The molecule has 18 heavy (non-hydrogen) atoms. The summed E-state index contributed by atoms with van der Waals surface area (Å²) in [5.41, 5.74) is 2.07. The van der Waals surface area contributed by atoms with E-state index in [4.69, 9.17) is 4.74 Å². The van der Waals surface area contributed by atoms with Gasteiger partial charge in [-0.15, -0.1) is 0 Å². The van der Waals surface area contributed by atoms with Crippen LogP contribution >= 0.6 is 0 Å². The van der Waals surface area contributed by atoms with Crippen LogP contribution in [0.25, 0.3) is 0 Å². The maximum Gasteiger partial charge on any atom is 0.227 e. The first-order valence-corrected chi connectivity index (χ1v) is 6.49. The van der Waals surface area contributed by atoms with Gasteiger partial charge in [0.25, 0.3) is 0 Å². The molecule has 0 aromatic heterocycles. The number of hydrogen-bond donors (Lipinski definition) is 2. The van der Waals surface area contributed by atoms with Crippen LogP contribution < -0.4 is 10.6 Å². The Morgan fingerprint density at radius 3 is 3.06 bits per heavy atom. The molecule has 1 atom stereocenters. The molecule has 0 bridgehead atoms. The molecule has 1 unspecified atom stereocenters. The number of aryl methyl sites for hydroxylation is 1. The van der Waals surface area contributed by atoms with Crippen LogP contribution in [0.4, 0.5) is 5.69 Å². The molecule has 1 amide bonds. The van der Waals surface area contributed by atoms with Crippen molar-refractivity contribution in [2.24, 2.45) is 0 Å². The number of amides is 1. The first kappa shape index (κ1) is 13.1. The van der Waals surface area contributed by atoms with Crippen molar-refractivity contribution in [3.8, 4) is 0 Å². The van der Waals surface area contributed by atoms with E-state index in [2.05, 4.69) is 17.6 Å². The van der Waals surface area contributed by atoms with E-state index >= 15 is 0 Å². The number of carbonyl (C=O) groups is 1. The summed E-state index contributed by atoms with van der Waals surface area (Å²) < 4.78 is 5.52. The number of benzene rings is 1. The van der Waals surface area contributed by atoms with Crippen molar-refractivity contribution in [1.82, 2.24) is 5.32 Å². The fourth-order valence-corrected chi connectivity index (χ4v) is 2.11. The van der Waals surface area contributed by atoms with Crippen molar-refractivity contribution in [2.75, 3.05) is 25.0 Å². The largest absolute Gasteiger partial charge is 0.375 e. The molecule has 0 saturated carbocycles. The highest BCUT2D eigenvalue weighted by atomic mass is 16.5. The third kappa shape index (κ3) is 3.55. The predicted octanol–water partition coefficient (Wildman–Crippen LogP) is 1.57. The van der Waals surface area contributed by atoms with Crippen molar-refractivity contribution in [1.29, 1.82) is 0 Å². The number of rotatable bonds is 4. The van der Waals surface area contributed by atoms with Crippen LogP contribution in [-0.4, -0.2) is 31.7 Å². The van der Waals surface area contributed by atoms with Crippen LogP contribution in [0.2, 0.25) is 0 Å². The first-order valence-electron chi connectivity index (χ1n) is 6.49. The summed E-state index contributed by atoms with van der Waals surface area (Å²) >= 11 is 0. The van der Waals surface area contributed by atoms with Crippen molar-refractivity contribution >= 4 is 11.6 Å². The topological polar surface area (TPSA) is 50.4 Å². The smallest absolute Gasteiger partial charge is 0.227 e. The normalized spacial score (nSPS) is 19.5. The maximum absolute atomic E-state index is 11.9. The average molecular weight is 248 g/mol. The number of carbonyl (C=O) groups excluding carboxylic acids is 1. The molecular weight excluding hydrogens is 228 g/mol. The number of morpholine rings is 1. The zero-order valence-electron chi connectivity index (χ0n) is 10.7. The van der Waals surface area contributed by atoms with E-state index < -0.39 is 0 Å². The van der Waals surface area contributed by atoms with Crippen LogP contribution in [0.5, 0.6) is 0 Å². The van der Waals surface area contributed by atoms with Crippen LogP contribution in [0.1, 0.15) is 18.9 Å². The van der Waals surface area contributed by atoms with Crippen LogP contribution in [0, 0.1) is 0 Å². The van der Waals surface area contributed by atoms with Gasteiger partial charge in [-0.1, -0.05) is 25.1 Å². The molecule has 1 aromatic rings. The Morgan fingerprint density at radius 1 is 1.50 bits per heavy atom. The second-order valence-corrected chi connectivity index (χ2v) is 4.46. The van der Waals surface area contributed by atoms with Gasteiger partial charge in [-0.2, -0.15) is 0 Å². The minimum absolute atomic E-state index is 0.00691. The van der Waals surface area contributed by atoms with E-state index in [9.17, 15) is 4.79 Å². The summed E-state index contributed by atoms with van der Waals surface area (Å²) in [6, 6.07) is 7.90. The SMILES string of the molecule is CCc1ccccc1NC(=O)CC1CNCCO1. The van der Waals surface area contributed by atoms with Gasteiger partial charge in [-0.25, -0.2) is 0 Å². The van der Waals surface area contributed by atoms with Gasteiger partial charge in [0.05, 0.1) is 19.1 Å². The van der Waals surface area contributed by atoms with Gasteiger partial charge in [0.15, 0.2) is 0 Å². The number of ether oxygens (including phenoxy) is 1. The standard InChI is InChI=1S/C14H20N2O2/c1-2-11-5-3-4-6-13(11)16-14(17)9-12-10-15-7-8-18-12/h3-6,12,15H,2,7-10H2,1H3,(H,16,17). The van der Waals surface area contributed by atoms with Gasteiger partial charge in [-0.05, 0) is 18.1 Å². The quantitative estimate of drug-likeness (QED) is 0.850. The molecule has 4 heteroatoms. The Morgan fingerprint density at radius 2 is 2.33 bits per heavy atom. The molecule has 2 N–H and O–H groups in total. The van der Waals surface area contributed by atoms with Gasteiger partial charge < -0.3 is 15.4 Å². The van der Waals surface area contributed by atoms with Gasteiger partial charge in [0.1, 0.15) is 0 Å². The minimum Gasteiger partial charge on any atom is -0.375 e. The van der Waals surface area contributed by atoms with Crippen molar-refractivity contribution in [3.63, 3.8) is 0 Å². The fraction of sp³-hybridized carbons (Fsp3) is 0.500. The molecule has 1 aromatic carbocycles. The summed E-state index contributed by atoms with van der Waals surface area (Å²) in [4.78, 5) is 11.9. The third-order valence-corrected chi connectivity index (χ3v) is 3.09. The van der Waals surface area contributed by atoms with Gasteiger partial charge in [0.2, 0.25) is 5.91 Å². The Balaban J connectivity index is 1.90. The first-order chi connectivity index (χ1) is 8.79. The molecule has 2 rings (SSSR count). The summed E-state index contributed by atoms with van der Waals surface area (Å²) in [5, 5.41) is 6.18. The zero-order chi connectivity index (χ0) is 12.8. The Kier molecular flexibility index (Phi) is 4.73. The molecule has 1 saturated heterocycles. The monoisotopic (exact) mass is 248 g/mol. The number of hydrogen-bond acceptors (Lipinski definition) is 3. The molecule has 4 nitrogen and oxygen atoms in total. The minimum atomic E-state index is -0.00691. The molecule has 1 aliphatic heterocycles. The summed E-state index contributed by atoms with van der Waals surface area (Å²) in [5.74, 6) is 0.0181. The highest BCUT2D eigenvalue weighted by Crippen LogP contribution is 2.16. The maximum atomic E-state index is 11.9. The van der Waals surface area contributed by atoms with Gasteiger partial charge >= 0.3 is 0 Å². The summed E-state index contributed by atoms with van der Waals surface area (Å²) in [6.07, 6.45) is 1.32. The van der Waals surface area contributed by atoms with Crippen LogP contribution in [-0.2, 0) is 16.0 Å². The van der Waals surface area contributed by atoms with Crippen molar-refractivity contribution in [3.05, 3.63) is 29.8 Å². The Labute approximate surface area is 108 Å². The number of anilines is 1. The molecule has 98 valence electrons. The number of nitrogens with one attached hydrogen (secondary N) is 2. The lowest BCUT2D eigenvalue weighted by Crippen LogP contribution is -2.40. The van der Waals surface area contributed by atoms with E-state index in [0.717, 1.165) is 30.8 Å².